The zero-order valence-corrected chi connectivity index (χ0v) is 16.0. The number of hydrogen-bond acceptors (Lipinski definition) is 2. The van der Waals surface area contributed by atoms with Gasteiger partial charge in [-0.05, 0) is 64.9 Å². The van der Waals surface area contributed by atoms with Gasteiger partial charge in [0.25, 0.3) is 0 Å². The summed E-state index contributed by atoms with van der Waals surface area (Å²) >= 11 is 0. The first-order chi connectivity index (χ1) is 14.3. The zero-order valence-electron chi connectivity index (χ0n) is 16.0. The quantitative estimate of drug-likeness (QED) is 0.390. The average Bonchev–Trinajstić information content (AvgIpc) is 3.12. The SMILES string of the molecule is N=C(N)c1ccc2c(c1)C1c3ccccc3CC1C(c1cccc(C(F)(F)F)c1)N2. The number of nitrogen functional groups attached to an aromatic ring is 1. The second-order valence-electron chi connectivity index (χ2n) is 8.01. The highest BCUT2D eigenvalue weighted by molar-refractivity contribution is 5.95. The topological polar surface area (TPSA) is 61.9 Å². The molecule has 1 heterocycles. The third kappa shape index (κ3) is 2.95. The maximum absolute atomic E-state index is 13.3. The summed E-state index contributed by atoms with van der Waals surface area (Å²) < 4.78 is 40.0. The van der Waals surface area contributed by atoms with Gasteiger partial charge in [-0.15, -0.1) is 0 Å². The number of benzene rings is 3. The van der Waals surface area contributed by atoms with Crippen molar-refractivity contribution in [3.8, 4) is 0 Å². The van der Waals surface area contributed by atoms with Gasteiger partial charge in [-0.1, -0.05) is 36.4 Å². The first-order valence-electron chi connectivity index (χ1n) is 9.83. The minimum atomic E-state index is -4.38. The second kappa shape index (κ2) is 6.62. The highest BCUT2D eigenvalue weighted by Gasteiger charge is 2.43. The standard InChI is InChI=1S/C24H20F3N3/c25-24(26,27)16-6-3-5-14(10-16)22-19-11-13-4-1-2-7-17(13)21(19)18-12-15(23(28)29)8-9-20(18)30-22/h1-10,12,19,21-22,30H,11H2,(H3,28,29). The maximum atomic E-state index is 13.3. The lowest BCUT2D eigenvalue weighted by atomic mass is 9.75. The van der Waals surface area contributed by atoms with Crippen molar-refractivity contribution in [2.75, 3.05) is 5.32 Å². The van der Waals surface area contributed by atoms with E-state index in [0.29, 0.717) is 11.1 Å². The van der Waals surface area contributed by atoms with Crippen molar-refractivity contribution in [1.29, 1.82) is 5.41 Å². The Morgan fingerprint density at radius 2 is 1.77 bits per heavy atom. The number of anilines is 1. The Balaban J connectivity index is 1.66. The van der Waals surface area contributed by atoms with Crippen LogP contribution in [0.3, 0.4) is 0 Å². The molecule has 0 radical (unpaired) electrons. The Morgan fingerprint density at radius 3 is 2.53 bits per heavy atom. The molecule has 4 N–H and O–H groups in total. The van der Waals surface area contributed by atoms with Gasteiger partial charge in [0.15, 0.2) is 0 Å². The molecule has 0 fully saturated rings. The fraction of sp³-hybridized carbons (Fsp3) is 0.208. The van der Waals surface area contributed by atoms with Crippen LogP contribution < -0.4 is 11.1 Å². The zero-order chi connectivity index (χ0) is 21.0. The van der Waals surface area contributed by atoms with E-state index in [2.05, 4.69) is 17.4 Å². The number of hydrogen-bond donors (Lipinski definition) is 3. The Kier molecular flexibility index (Phi) is 4.13. The van der Waals surface area contributed by atoms with Crippen molar-refractivity contribution < 1.29 is 13.2 Å². The van der Waals surface area contributed by atoms with Crippen LogP contribution in [0.5, 0.6) is 0 Å². The lowest BCUT2D eigenvalue weighted by Gasteiger charge is -2.38. The normalized spacial score (nSPS) is 21.9. The number of fused-ring (bicyclic) bond motifs is 5. The fourth-order valence-electron chi connectivity index (χ4n) is 4.97. The average molecular weight is 407 g/mol. The summed E-state index contributed by atoms with van der Waals surface area (Å²) in [5, 5.41) is 11.3. The van der Waals surface area contributed by atoms with Crippen LogP contribution in [-0.2, 0) is 12.6 Å². The Hall–Kier alpha value is -3.28. The van der Waals surface area contributed by atoms with Crippen LogP contribution in [0.25, 0.3) is 0 Å². The van der Waals surface area contributed by atoms with Gasteiger partial charge in [0.05, 0.1) is 11.6 Å². The van der Waals surface area contributed by atoms with Gasteiger partial charge in [0.1, 0.15) is 5.84 Å². The predicted octanol–water partition coefficient (Wildman–Crippen LogP) is 5.46. The summed E-state index contributed by atoms with van der Waals surface area (Å²) in [4.78, 5) is 0. The van der Waals surface area contributed by atoms with Crippen LogP contribution >= 0.6 is 0 Å². The van der Waals surface area contributed by atoms with E-state index in [4.69, 9.17) is 11.1 Å². The van der Waals surface area contributed by atoms with Crippen LogP contribution in [0.2, 0.25) is 0 Å². The van der Waals surface area contributed by atoms with E-state index in [9.17, 15) is 13.2 Å². The Bertz CT molecular complexity index is 1150. The van der Waals surface area contributed by atoms with Crippen molar-refractivity contribution in [2.24, 2.45) is 11.7 Å². The van der Waals surface area contributed by atoms with E-state index in [1.807, 2.05) is 24.3 Å². The number of halogens is 3. The smallest absolute Gasteiger partial charge is 0.384 e. The van der Waals surface area contributed by atoms with E-state index < -0.39 is 11.7 Å². The summed E-state index contributed by atoms with van der Waals surface area (Å²) in [6.45, 7) is 0. The van der Waals surface area contributed by atoms with Gasteiger partial charge in [0.2, 0.25) is 0 Å². The summed E-state index contributed by atoms with van der Waals surface area (Å²) in [5.74, 6) is 0.109. The molecule has 5 rings (SSSR count). The van der Waals surface area contributed by atoms with Gasteiger partial charge in [-0.3, -0.25) is 5.41 Å². The largest absolute Gasteiger partial charge is 0.416 e. The highest BCUT2D eigenvalue weighted by atomic mass is 19.4. The molecule has 0 aromatic heterocycles. The van der Waals surface area contributed by atoms with E-state index in [-0.39, 0.29) is 23.7 Å². The minimum Gasteiger partial charge on any atom is -0.384 e. The molecule has 0 saturated carbocycles. The molecule has 1 aliphatic carbocycles. The minimum absolute atomic E-state index is 0.000587. The highest BCUT2D eigenvalue weighted by Crippen LogP contribution is 2.54. The Morgan fingerprint density at radius 1 is 0.967 bits per heavy atom. The van der Waals surface area contributed by atoms with Gasteiger partial charge >= 0.3 is 6.18 Å². The molecular weight excluding hydrogens is 387 g/mol. The van der Waals surface area contributed by atoms with Gasteiger partial charge in [-0.2, -0.15) is 13.2 Å². The van der Waals surface area contributed by atoms with Gasteiger partial charge < -0.3 is 11.1 Å². The fourth-order valence-corrected chi connectivity index (χ4v) is 4.97. The maximum Gasteiger partial charge on any atom is 0.416 e. The molecule has 3 aromatic rings. The number of nitrogens with two attached hydrogens (primary N) is 1. The van der Waals surface area contributed by atoms with Crippen molar-refractivity contribution in [3.63, 3.8) is 0 Å². The number of nitrogens with one attached hydrogen (secondary N) is 2. The van der Waals surface area contributed by atoms with E-state index in [1.54, 1.807) is 12.1 Å². The molecule has 0 saturated heterocycles. The first kappa shape index (κ1) is 18.7. The van der Waals surface area contributed by atoms with Crippen molar-refractivity contribution in [1.82, 2.24) is 0 Å². The monoisotopic (exact) mass is 407 g/mol. The van der Waals surface area contributed by atoms with Crippen LogP contribution in [-0.4, -0.2) is 5.84 Å². The summed E-state index contributed by atoms with van der Waals surface area (Å²) in [7, 11) is 0. The molecule has 3 nitrogen and oxygen atoms in total. The summed E-state index contributed by atoms with van der Waals surface area (Å²) in [6.07, 6.45) is -3.60. The number of rotatable bonds is 2. The third-order valence-corrected chi connectivity index (χ3v) is 6.28. The number of alkyl halides is 3. The van der Waals surface area contributed by atoms with Crippen molar-refractivity contribution >= 4 is 11.5 Å². The molecule has 2 aliphatic rings. The first-order valence-corrected chi connectivity index (χ1v) is 9.83. The molecule has 30 heavy (non-hydrogen) atoms. The van der Waals surface area contributed by atoms with Crippen LogP contribution in [0.4, 0.5) is 18.9 Å². The van der Waals surface area contributed by atoms with Crippen LogP contribution in [0.1, 0.15) is 45.3 Å². The molecule has 152 valence electrons. The van der Waals surface area contributed by atoms with E-state index in [1.165, 1.54) is 23.3 Å². The van der Waals surface area contributed by atoms with Crippen LogP contribution in [0, 0.1) is 11.3 Å². The van der Waals surface area contributed by atoms with E-state index in [0.717, 1.165) is 23.7 Å². The number of amidine groups is 1. The third-order valence-electron chi connectivity index (χ3n) is 6.28. The lowest BCUT2D eigenvalue weighted by Crippen LogP contribution is -2.31. The second-order valence-corrected chi connectivity index (χ2v) is 8.01. The molecule has 0 amide bonds. The molecule has 0 bridgehead atoms. The van der Waals surface area contributed by atoms with Gasteiger partial charge in [0, 0.05) is 17.2 Å². The summed E-state index contributed by atoms with van der Waals surface area (Å²) in [5.41, 5.74) is 10.7. The summed E-state index contributed by atoms with van der Waals surface area (Å²) in [6, 6.07) is 19.1. The molecule has 1 aliphatic heterocycles. The van der Waals surface area contributed by atoms with E-state index >= 15 is 0 Å². The Labute approximate surface area is 172 Å². The molecule has 6 heteroatoms. The molecule has 3 aromatic carbocycles. The predicted molar refractivity (Wildman–Crippen MR) is 111 cm³/mol. The van der Waals surface area contributed by atoms with Crippen molar-refractivity contribution in [3.05, 3.63) is 100 Å². The molecular formula is C24H20F3N3. The molecule has 0 spiro atoms. The van der Waals surface area contributed by atoms with Gasteiger partial charge in [-0.25, -0.2) is 0 Å². The lowest BCUT2D eigenvalue weighted by molar-refractivity contribution is -0.137. The molecule has 3 atom stereocenters. The van der Waals surface area contributed by atoms with Crippen LogP contribution in [0.15, 0.2) is 66.7 Å². The molecule has 3 unspecified atom stereocenters. The van der Waals surface area contributed by atoms with Crippen molar-refractivity contribution in [2.45, 2.75) is 24.6 Å².